The van der Waals surface area contributed by atoms with Crippen molar-refractivity contribution in [1.82, 2.24) is 9.80 Å². The Kier molecular flexibility index (Phi) is 7.48. The lowest BCUT2D eigenvalue weighted by molar-refractivity contribution is -0.136. The number of likely N-dealkylation sites (tertiary alicyclic amines) is 1. The van der Waals surface area contributed by atoms with Gasteiger partial charge in [-0.05, 0) is 45.8 Å². The SMILES string of the molecule is CC(C)[C@H](N)C(=O)N1CCC(OCCCN(C)C)CC1. The molecule has 1 rings (SSSR count). The van der Waals surface area contributed by atoms with Crippen molar-refractivity contribution in [3.63, 3.8) is 0 Å². The number of carbonyl (C=O) groups excluding carboxylic acids is 1. The van der Waals surface area contributed by atoms with Crippen molar-refractivity contribution >= 4 is 5.91 Å². The molecule has 1 amide bonds. The fraction of sp³-hybridized carbons (Fsp3) is 0.933. The van der Waals surface area contributed by atoms with Crippen molar-refractivity contribution in [1.29, 1.82) is 0 Å². The number of nitrogens with zero attached hydrogens (tertiary/aromatic N) is 2. The zero-order valence-electron chi connectivity index (χ0n) is 13.5. The van der Waals surface area contributed by atoms with Crippen molar-refractivity contribution in [3.05, 3.63) is 0 Å². The maximum atomic E-state index is 12.1. The molecule has 0 unspecified atom stereocenters. The van der Waals surface area contributed by atoms with Gasteiger partial charge in [-0.3, -0.25) is 4.79 Å². The number of piperidine rings is 1. The Morgan fingerprint density at radius 3 is 2.45 bits per heavy atom. The van der Waals surface area contributed by atoms with Crippen molar-refractivity contribution in [2.75, 3.05) is 40.3 Å². The lowest BCUT2D eigenvalue weighted by Crippen LogP contribution is -2.50. The summed E-state index contributed by atoms with van der Waals surface area (Å²) in [5.41, 5.74) is 5.92. The predicted octanol–water partition coefficient (Wildman–Crippen LogP) is 0.929. The summed E-state index contributed by atoms with van der Waals surface area (Å²) in [4.78, 5) is 16.2. The van der Waals surface area contributed by atoms with E-state index in [9.17, 15) is 4.79 Å². The molecule has 1 saturated heterocycles. The summed E-state index contributed by atoms with van der Waals surface area (Å²) < 4.78 is 5.87. The van der Waals surface area contributed by atoms with E-state index in [1.165, 1.54) is 0 Å². The third-order valence-electron chi connectivity index (χ3n) is 3.86. The van der Waals surface area contributed by atoms with Crippen LogP contribution < -0.4 is 5.73 Å². The smallest absolute Gasteiger partial charge is 0.239 e. The monoisotopic (exact) mass is 285 g/mol. The van der Waals surface area contributed by atoms with Crippen LogP contribution >= 0.6 is 0 Å². The molecule has 0 radical (unpaired) electrons. The Morgan fingerprint density at radius 2 is 1.95 bits per heavy atom. The van der Waals surface area contributed by atoms with Gasteiger partial charge in [0.2, 0.25) is 5.91 Å². The van der Waals surface area contributed by atoms with E-state index in [0.717, 1.165) is 45.5 Å². The normalized spacial score (nSPS) is 18.9. The summed E-state index contributed by atoms with van der Waals surface area (Å²) in [5, 5.41) is 0. The molecule has 1 atom stereocenters. The number of ether oxygens (including phenoxy) is 1. The fourth-order valence-electron chi connectivity index (χ4n) is 2.37. The van der Waals surface area contributed by atoms with E-state index in [1.807, 2.05) is 18.7 Å². The Bertz CT molecular complexity index is 287. The Labute approximate surface area is 123 Å². The first-order valence-electron chi connectivity index (χ1n) is 7.72. The molecule has 1 aliphatic heterocycles. The van der Waals surface area contributed by atoms with Crippen molar-refractivity contribution in [2.45, 2.75) is 45.3 Å². The van der Waals surface area contributed by atoms with Crippen LogP contribution in [0.25, 0.3) is 0 Å². The molecule has 2 N–H and O–H groups in total. The first kappa shape index (κ1) is 17.4. The van der Waals surface area contributed by atoms with Crippen LogP contribution in [-0.4, -0.2) is 68.2 Å². The van der Waals surface area contributed by atoms with E-state index in [4.69, 9.17) is 10.5 Å². The van der Waals surface area contributed by atoms with Crippen LogP contribution in [0.4, 0.5) is 0 Å². The van der Waals surface area contributed by atoms with Gasteiger partial charge in [0.15, 0.2) is 0 Å². The minimum atomic E-state index is -0.368. The van der Waals surface area contributed by atoms with Gasteiger partial charge in [-0.25, -0.2) is 0 Å². The maximum absolute atomic E-state index is 12.1. The fourth-order valence-corrected chi connectivity index (χ4v) is 2.37. The van der Waals surface area contributed by atoms with Gasteiger partial charge in [-0.15, -0.1) is 0 Å². The maximum Gasteiger partial charge on any atom is 0.239 e. The molecule has 0 aromatic carbocycles. The average Bonchev–Trinajstić information content (AvgIpc) is 2.42. The van der Waals surface area contributed by atoms with Gasteiger partial charge < -0.3 is 20.3 Å². The molecule has 20 heavy (non-hydrogen) atoms. The van der Waals surface area contributed by atoms with Gasteiger partial charge in [-0.2, -0.15) is 0 Å². The highest BCUT2D eigenvalue weighted by Gasteiger charge is 2.27. The van der Waals surface area contributed by atoms with Crippen LogP contribution in [0, 0.1) is 5.92 Å². The van der Waals surface area contributed by atoms with E-state index in [2.05, 4.69) is 19.0 Å². The molecule has 0 aromatic rings. The molecule has 1 aliphatic rings. The quantitative estimate of drug-likeness (QED) is 0.707. The van der Waals surface area contributed by atoms with E-state index < -0.39 is 0 Å². The zero-order valence-corrected chi connectivity index (χ0v) is 13.5. The Balaban J connectivity index is 2.21. The topological polar surface area (TPSA) is 58.8 Å². The van der Waals surface area contributed by atoms with Crippen LogP contribution in [0.15, 0.2) is 0 Å². The second-order valence-electron chi connectivity index (χ2n) is 6.32. The molecule has 5 nitrogen and oxygen atoms in total. The number of amides is 1. The molecular formula is C15H31N3O2. The first-order valence-corrected chi connectivity index (χ1v) is 7.72. The minimum absolute atomic E-state index is 0.0889. The predicted molar refractivity (Wildman–Crippen MR) is 81.5 cm³/mol. The van der Waals surface area contributed by atoms with Gasteiger partial charge in [0, 0.05) is 19.7 Å². The van der Waals surface area contributed by atoms with Crippen LogP contribution in [-0.2, 0) is 9.53 Å². The molecular weight excluding hydrogens is 254 g/mol. The third-order valence-corrected chi connectivity index (χ3v) is 3.86. The Morgan fingerprint density at radius 1 is 1.35 bits per heavy atom. The standard InChI is InChI=1S/C15H31N3O2/c1-12(2)14(16)15(19)18-9-6-13(7-10-18)20-11-5-8-17(3)4/h12-14H,5-11,16H2,1-4H3/t14-/m0/s1. The first-order chi connectivity index (χ1) is 9.41. The number of hydrogen-bond acceptors (Lipinski definition) is 4. The van der Waals surface area contributed by atoms with Crippen molar-refractivity contribution in [3.8, 4) is 0 Å². The van der Waals surface area contributed by atoms with Gasteiger partial charge in [-0.1, -0.05) is 13.8 Å². The van der Waals surface area contributed by atoms with E-state index >= 15 is 0 Å². The molecule has 0 bridgehead atoms. The van der Waals surface area contributed by atoms with Crippen molar-refractivity contribution in [2.24, 2.45) is 11.7 Å². The third kappa shape index (κ3) is 5.77. The molecule has 5 heteroatoms. The van der Waals surface area contributed by atoms with Crippen LogP contribution in [0.5, 0.6) is 0 Å². The molecule has 0 saturated carbocycles. The van der Waals surface area contributed by atoms with E-state index in [0.29, 0.717) is 6.10 Å². The van der Waals surface area contributed by atoms with E-state index in [-0.39, 0.29) is 17.9 Å². The summed E-state index contributed by atoms with van der Waals surface area (Å²) in [6.45, 7) is 7.39. The summed E-state index contributed by atoms with van der Waals surface area (Å²) in [5.74, 6) is 0.286. The number of rotatable bonds is 7. The average molecular weight is 285 g/mol. The lowest BCUT2D eigenvalue weighted by atomic mass is 10.0. The summed E-state index contributed by atoms with van der Waals surface area (Å²) in [6, 6.07) is -0.368. The summed E-state index contributed by atoms with van der Waals surface area (Å²) in [6.07, 6.45) is 3.22. The molecule has 0 aliphatic carbocycles. The molecule has 118 valence electrons. The number of hydrogen-bond donors (Lipinski definition) is 1. The minimum Gasteiger partial charge on any atom is -0.378 e. The summed E-state index contributed by atoms with van der Waals surface area (Å²) in [7, 11) is 4.14. The number of carbonyl (C=O) groups is 1. The molecule has 1 fully saturated rings. The molecule has 1 heterocycles. The van der Waals surface area contributed by atoms with Gasteiger partial charge in [0.25, 0.3) is 0 Å². The Hall–Kier alpha value is -0.650. The molecule has 0 aromatic heterocycles. The zero-order chi connectivity index (χ0) is 15.1. The van der Waals surface area contributed by atoms with Gasteiger partial charge in [0.05, 0.1) is 12.1 Å². The highest BCUT2D eigenvalue weighted by atomic mass is 16.5. The molecule has 0 spiro atoms. The van der Waals surface area contributed by atoms with Crippen LogP contribution in [0.2, 0.25) is 0 Å². The summed E-state index contributed by atoms with van der Waals surface area (Å²) >= 11 is 0. The second kappa shape index (κ2) is 8.60. The van der Waals surface area contributed by atoms with E-state index in [1.54, 1.807) is 0 Å². The van der Waals surface area contributed by atoms with Crippen LogP contribution in [0.3, 0.4) is 0 Å². The van der Waals surface area contributed by atoms with Crippen molar-refractivity contribution < 1.29 is 9.53 Å². The van der Waals surface area contributed by atoms with Crippen LogP contribution in [0.1, 0.15) is 33.1 Å². The van der Waals surface area contributed by atoms with Gasteiger partial charge >= 0.3 is 0 Å². The largest absolute Gasteiger partial charge is 0.378 e. The van der Waals surface area contributed by atoms with Gasteiger partial charge in [0.1, 0.15) is 0 Å². The highest BCUT2D eigenvalue weighted by molar-refractivity contribution is 5.82. The highest BCUT2D eigenvalue weighted by Crippen LogP contribution is 2.16. The lowest BCUT2D eigenvalue weighted by Gasteiger charge is -2.34. The second-order valence-corrected chi connectivity index (χ2v) is 6.32. The number of nitrogens with two attached hydrogens (primary N) is 1.